The van der Waals surface area contributed by atoms with Crippen molar-refractivity contribution in [2.75, 3.05) is 38.2 Å². The van der Waals surface area contributed by atoms with Gasteiger partial charge in [-0.25, -0.2) is 0 Å². The Morgan fingerprint density at radius 3 is 2.77 bits per heavy atom. The molecule has 26 heavy (non-hydrogen) atoms. The number of nitrogens with one attached hydrogen (secondary N) is 1. The Bertz CT molecular complexity index is 752. The van der Waals surface area contributed by atoms with Crippen LogP contribution in [0.2, 0.25) is 0 Å². The Kier molecular flexibility index (Phi) is 4.81. The molecule has 2 unspecified atom stereocenters. The number of rotatable bonds is 4. The van der Waals surface area contributed by atoms with Crippen LogP contribution in [0, 0.1) is 0 Å². The van der Waals surface area contributed by atoms with Gasteiger partial charge in [0.05, 0.1) is 18.8 Å². The summed E-state index contributed by atoms with van der Waals surface area (Å²) in [6.45, 7) is 4.27. The molecule has 0 bridgehead atoms. The molecule has 3 heterocycles. The number of carbonyl (C=O) groups excluding carboxylic acids is 1. The van der Waals surface area contributed by atoms with Crippen LogP contribution in [-0.4, -0.2) is 66.4 Å². The Labute approximate surface area is 153 Å². The number of aromatic nitrogens is 2. The highest BCUT2D eigenvalue weighted by Crippen LogP contribution is 2.27. The van der Waals surface area contributed by atoms with E-state index in [1.165, 1.54) is 5.56 Å². The molecule has 0 spiro atoms. The maximum absolute atomic E-state index is 11.6. The largest absolute Gasteiger partial charge is 0.373 e. The van der Waals surface area contributed by atoms with Crippen molar-refractivity contribution in [2.24, 2.45) is 0 Å². The van der Waals surface area contributed by atoms with E-state index in [1.54, 1.807) is 13.1 Å². The summed E-state index contributed by atoms with van der Waals surface area (Å²) in [6, 6.07) is 14.5. The van der Waals surface area contributed by atoms with E-state index in [4.69, 9.17) is 4.74 Å². The molecule has 136 valence electrons. The molecule has 2 aliphatic heterocycles. The number of hydrogen-bond donors (Lipinski definition) is 1. The molecule has 0 aliphatic carbocycles. The number of carbonyl (C=O) groups is 1. The standard InChI is InChI=1S/C19H23N5O2/c1-20-19(25)15-7-8-18(22-21-15)24-12-16-17(13-24)26-10-9-23(16)11-14-5-3-2-4-6-14/h2-8,16-17H,9-13H2,1H3,(H,20,25). The molecule has 2 aliphatic rings. The highest BCUT2D eigenvalue weighted by molar-refractivity contribution is 5.91. The maximum atomic E-state index is 11.6. The van der Waals surface area contributed by atoms with Gasteiger partial charge in [-0.15, -0.1) is 10.2 Å². The molecule has 7 nitrogen and oxygen atoms in total. The summed E-state index contributed by atoms with van der Waals surface area (Å²) in [7, 11) is 1.59. The summed E-state index contributed by atoms with van der Waals surface area (Å²) >= 11 is 0. The molecule has 2 saturated heterocycles. The van der Waals surface area contributed by atoms with Gasteiger partial charge in [-0.3, -0.25) is 9.69 Å². The van der Waals surface area contributed by atoms with Crippen molar-refractivity contribution in [2.45, 2.75) is 18.7 Å². The van der Waals surface area contributed by atoms with Gasteiger partial charge in [0.2, 0.25) is 0 Å². The van der Waals surface area contributed by atoms with Crippen LogP contribution in [0.4, 0.5) is 5.82 Å². The third-order valence-electron chi connectivity index (χ3n) is 5.08. The van der Waals surface area contributed by atoms with E-state index in [0.29, 0.717) is 11.7 Å². The zero-order valence-corrected chi connectivity index (χ0v) is 14.8. The first-order valence-corrected chi connectivity index (χ1v) is 8.95. The molecule has 2 aromatic rings. The SMILES string of the molecule is CNC(=O)c1ccc(N2CC3OCCN(Cc4ccccc4)C3C2)nn1. The normalized spacial score (nSPS) is 22.9. The summed E-state index contributed by atoms with van der Waals surface area (Å²) in [5, 5.41) is 10.8. The van der Waals surface area contributed by atoms with E-state index >= 15 is 0 Å². The van der Waals surface area contributed by atoms with Crippen LogP contribution in [0.1, 0.15) is 16.1 Å². The van der Waals surface area contributed by atoms with Gasteiger partial charge < -0.3 is 15.0 Å². The molecular formula is C19H23N5O2. The number of hydrogen-bond acceptors (Lipinski definition) is 6. The third-order valence-corrected chi connectivity index (χ3v) is 5.08. The van der Waals surface area contributed by atoms with E-state index < -0.39 is 0 Å². The lowest BCUT2D eigenvalue weighted by Crippen LogP contribution is -2.50. The molecule has 2 fully saturated rings. The van der Waals surface area contributed by atoms with Crippen molar-refractivity contribution in [3.63, 3.8) is 0 Å². The Morgan fingerprint density at radius 2 is 2.04 bits per heavy atom. The first-order valence-electron chi connectivity index (χ1n) is 8.95. The van der Waals surface area contributed by atoms with Crippen LogP contribution in [0.25, 0.3) is 0 Å². The summed E-state index contributed by atoms with van der Waals surface area (Å²) in [4.78, 5) is 16.3. The first kappa shape index (κ1) is 16.9. The van der Waals surface area contributed by atoms with Crippen LogP contribution in [0.3, 0.4) is 0 Å². The summed E-state index contributed by atoms with van der Waals surface area (Å²) in [5.41, 5.74) is 1.65. The Balaban J connectivity index is 1.46. The molecule has 4 rings (SSSR count). The van der Waals surface area contributed by atoms with Gasteiger partial charge in [0, 0.05) is 33.2 Å². The molecule has 2 atom stereocenters. The quantitative estimate of drug-likeness (QED) is 0.882. The zero-order chi connectivity index (χ0) is 17.9. The average molecular weight is 353 g/mol. The van der Waals surface area contributed by atoms with Crippen LogP contribution < -0.4 is 10.2 Å². The number of nitrogens with zero attached hydrogens (tertiary/aromatic N) is 4. The molecule has 1 N–H and O–H groups in total. The topological polar surface area (TPSA) is 70.6 Å². The van der Waals surface area contributed by atoms with Crippen molar-refractivity contribution >= 4 is 11.7 Å². The van der Waals surface area contributed by atoms with Gasteiger partial charge in [-0.1, -0.05) is 30.3 Å². The van der Waals surface area contributed by atoms with E-state index in [2.05, 4.69) is 49.6 Å². The lowest BCUT2D eigenvalue weighted by Gasteiger charge is -2.36. The van der Waals surface area contributed by atoms with Crippen molar-refractivity contribution in [1.29, 1.82) is 0 Å². The monoisotopic (exact) mass is 353 g/mol. The number of amides is 1. The summed E-state index contributed by atoms with van der Waals surface area (Å²) in [5.74, 6) is 0.562. The lowest BCUT2D eigenvalue weighted by atomic mass is 10.1. The number of morpholine rings is 1. The van der Waals surface area contributed by atoms with Crippen LogP contribution in [0.15, 0.2) is 42.5 Å². The van der Waals surface area contributed by atoms with Gasteiger partial charge in [0.1, 0.15) is 0 Å². The van der Waals surface area contributed by atoms with Crippen LogP contribution >= 0.6 is 0 Å². The second-order valence-electron chi connectivity index (χ2n) is 6.69. The summed E-state index contributed by atoms with van der Waals surface area (Å²) < 4.78 is 6.01. The van der Waals surface area contributed by atoms with E-state index in [0.717, 1.165) is 38.6 Å². The average Bonchev–Trinajstić information content (AvgIpc) is 3.14. The number of benzene rings is 1. The Morgan fingerprint density at radius 1 is 1.19 bits per heavy atom. The fourth-order valence-electron chi connectivity index (χ4n) is 3.70. The van der Waals surface area contributed by atoms with E-state index in [-0.39, 0.29) is 12.0 Å². The third kappa shape index (κ3) is 3.40. The number of ether oxygens (including phenoxy) is 1. The minimum atomic E-state index is -0.225. The second-order valence-corrected chi connectivity index (χ2v) is 6.69. The van der Waals surface area contributed by atoms with Gasteiger partial charge >= 0.3 is 0 Å². The molecule has 1 aromatic heterocycles. The Hall–Kier alpha value is -2.51. The van der Waals surface area contributed by atoms with Gasteiger partial charge in [-0.05, 0) is 17.7 Å². The predicted molar refractivity (Wildman–Crippen MR) is 98.0 cm³/mol. The van der Waals surface area contributed by atoms with Crippen LogP contribution in [-0.2, 0) is 11.3 Å². The molecule has 1 aromatic carbocycles. The van der Waals surface area contributed by atoms with Crippen LogP contribution in [0.5, 0.6) is 0 Å². The smallest absolute Gasteiger partial charge is 0.271 e. The number of fused-ring (bicyclic) bond motifs is 1. The van der Waals surface area contributed by atoms with Crippen molar-refractivity contribution in [3.05, 3.63) is 53.7 Å². The highest BCUT2D eigenvalue weighted by atomic mass is 16.5. The van der Waals surface area contributed by atoms with E-state index in [9.17, 15) is 4.79 Å². The van der Waals surface area contributed by atoms with Crippen molar-refractivity contribution in [1.82, 2.24) is 20.4 Å². The first-order chi connectivity index (χ1) is 12.7. The molecule has 0 radical (unpaired) electrons. The fraction of sp³-hybridized carbons (Fsp3) is 0.421. The molecule has 0 saturated carbocycles. The number of anilines is 1. The maximum Gasteiger partial charge on any atom is 0.271 e. The van der Waals surface area contributed by atoms with E-state index in [1.807, 2.05) is 12.1 Å². The lowest BCUT2D eigenvalue weighted by molar-refractivity contribution is -0.0499. The molecule has 1 amide bonds. The predicted octanol–water partition coefficient (Wildman–Crippen LogP) is 0.926. The van der Waals surface area contributed by atoms with Crippen molar-refractivity contribution < 1.29 is 9.53 Å². The minimum Gasteiger partial charge on any atom is -0.373 e. The van der Waals surface area contributed by atoms with Gasteiger partial charge in [-0.2, -0.15) is 0 Å². The van der Waals surface area contributed by atoms with Crippen molar-refractivity contribution in [3.8, 4) is 0 Å². The zero-order valence-electron chi connectivity index (χ0n) is 14.8. The second kappa shape index (κ2) is 7.39. The minimum absolute atomic E-state index is 0.174. The summed E-state index contributed by atoms with van der Waals surface area (Å²) in [6.07, 6.45) is 0.174. The molecule has 7 heteroatoms. The molecular weight excluding hydrogens is 330 g/mol. The highest BCUT2D eigenvalue weighted by Gasteiger charge is 2.40. The van der Waals surface area contributed by atoms with Gasteiger partial charge in [0.25, 0.3) is 5.91 Å². The fourth-order valence-corrected chi connectivity index (χ4v) is 3.70. The van der Waals surface area contributed by atoms with Gasteiger partial charge in [0.15, 0.2) is 11.5 Å².